The summed E-state index contributed by atoms with van der Waals surface area (Å²) in [6.07, 6.45) is -0.0458. The first-order valence-corrected chi connectivity index (χ1v) is 3.40. The van der Waals surface area contributed by atoms with Crippen molar-refractivity contribution in [3.05, 3.63) is 0 Å². The second-order valence-corrected chi connectivity index (χ2v) is 2.01. The average molecular weight is 151 g/mol. The van der Waals surface area contributed by atoms with Gasteiger partial charge in [-0.15, -0.1) is 0 Å². The lowest BCUT2D eigenvalue weighted by Crippen LogP contribution is -2.28. The number of rotatable bonds is 6. The molecule has 1 atom stereocenters. The molecule has 0 aliphatic rings. The minimum Gasteiger partial charge on any atom is -0.389 e. The predicted molar refractivity (Wildman–Crippen MR) is 36.2 cm³/mol. The fourth-order valence-corrected chi connectivity index (χ4v) is 0.384. The molecule has 0 heterocycles. The van der Waals surface area contributed by atoms with Gasteiger partial charge in [0.05, 0.1) is 12.7 Å². The molecule has 0 spiro atoms. The largest absolute Gasteiger partial charge is 0.389 e. The van der Waals surface area contributed by atoms with Gasteiger partial charge in [-0.05, 0) is 6.42 Å². The van der Waals surface area contributed by atoms with Gasteiger partial charge in [0.15, 0.2) is 0 Å². The normalized spacial score (nSPS) is 13.5. The second-order valence-electron chi connectivity index (χ2n) is 2.01. The first-order valence-electron chi connectivity index (χ1n) is 3.40. The molecule has 0 aromatic heterocycles. The van der Waals surface area contributed by atoms with E-state index >= 15 is 0 Å². The Hall–Kier alpha value is -0.190. The topological polar surface area (TPSA) is 41.5 Å². The number of aliphatic hydroxyl groups is 1. The maximum Gasteiger partial charge on any atom is 0.117 e. The summed E-state index contributed by atoms with van der Waals surface area (Å²) in [5.74, 6) is 0. The summed E-state index contributed by atoms with van der Waals surface area (Å²) in [4.78, 5) is 4.78. The van der Waals surface area contributed by atoms with Crippen molar-refractivity contribution in [3.8, 4) is 0 Å². The minimum atomic E-state index is -0.947. The van der Waals surface area contributed by atoms with E-state index in [0.717, 1.165) is 6.42 Å². The van der Waals surface area contributed by atoms with Crippen molar-refractivity contribution in [3.63, 3.8) is 0 Å². The molecule has 2 N–H and O–H groups in total. The number of hydrogen-bond donors (Lipinski definition) is 2. The van der Waals surface area contributed by atoms with Crippen molar-refractivity contribution in [2.45, 2.75) is 19.4 Å². The molecule has 0 saturated heterocycles. The first-order chi connectivity index (χ1) is 4.81. The van der Waals surface area contributed by atoms with E-state index < -0.39 is 12.8 Å². The average Bonchev–Trinajstić information content (AvgIpc) is 1.98. The minimum absolute atomic E-state index is 0.149. The number of aliphatic hydroxyl groups excluding tert-OH is 1. The molecule has 0 fully saturated rings. The number of halogens is 1. The lowest BCUT2D eigenvalue weighted by Gasteiger charge is -2.06. The van der Waals surface area contributed by atoms with Crippen LogP contribution in [0, 0.1) is 0 Å². The summed E-state index contributed by atoms with van der Waals surface area (Å²) in [6, 6.07) is 0. The van der Waals surface area contributed by atoms with Crippen LogP contribution in [0.25, 0.3) is 0 Å². The molecule has 3 nitrogen and oxygen atoms in total. The lowest BCUT2D eigenvalue weighted by molar-refractivity contribution is 0.00928. The van der Waals surface area contributed by atoms with Crippen LogP contribution >= 0.6 is 0 Å². The van der Waals surface area contributed by atoms with Crippen molar-refractivity contribution in [2.24, 2.45) is 0 Å². The number of hydrogen-bond acceptors (Lipinski definition) is 3. The molecule has 0 radical (unpaired) electrons. The Morgan fingerprint density at radius 3 is 2.90 bits per heavy atom. The molecule has 0 aromatic carbocycles. The lowest BCUT2D eigenvalue weighted by atomic mass is 10.4. The third-order valence-electron chi connectivity index (χ3n) is 0.905. The van der Waals surface area contributed by atoms with Gasteiger partial charge in [0.25, 0.3) is 0 Å². The third kappa shape index (κ3) is 5.94. The van der Waals surface area contributed by atoms with Crippen LogP contribution in [0.5, 0.6) is 0 Å². The van der Waals surface area contributed by atoms with E-state index in [1.807, 2.05) is 6.92 Å². The van der Waals surface area contributed by atoms with Crippen LogP contribution in [0.15, 0.2) is 0 Å². The zero-order chi connectivity index (χ0) is 7.82. The summed E-state index contributed by atoms with van der Waals surface area (Å²) in [5, 5.41) is 8.64. The predicted octanol–water partition coefficient (Wildman–Crippen LogP) is 0.248. The molecule has 1 unspecified atom stereocenters. The molecule has 0 aromatic rings. The van der Waals surface area contributed by atoms with E-state index in [1.54, 1.807) is 0 Å². The fraction of sp³-hybridized carbons (Fsp3) is 1.00. The summed E-state index contributed by atoms with van der Waals surface area (Å²) in [6.45, 7) is 1.96. The van der Waals surface area contributed by atoms with Crippen LogP contribution in [0.4, 0.5) is 4.39 Å². The molecule has 0 aliphatic heterocycles. The summed E-state index contributed by atoms with van der Waals surface area (Å²) in [7, 11) is 0. The van der Waals surface area contributed by atoms with Gasteiger partial charge in [0, 0.05) is 6.54 Å². The van der Waals surface area contributed by atoms with Gasteiger partial charge in [-0.3, -0.25) is 0 Å². The number of alkyl halides is 1. The van der Waals surface area contributed by atoms with Crippen LogP contribution in [-0.2, 0) is 4.84 Å². The van der Waals surface area contributed by atoms with Crippen LogP contribution in [-0.4, -0.2) is 31.0 Å². The molecule has 0 aliphatic carbocycles. The molecule has 0 amide bonds. The highest BCUT2D eigenvalue weighted by Crippen LogP contribution is 1.81. The Balaban J connectivity index is 2.89. The molecular formula is C6H14FNO2. The Morgan fingerprint density at radius 1 is 1.70 bits per heavy atom. The Labute approximate surface area is 60.1 Å². The Morgan fingerprint density at radius 2 is 2.40 bits per heavy atom. The molecule has 0 bridgehead atoms. The highest BCUT2D eigenvalue weighted by molar-refractivity contribution is 4.51. The molecule has 0 rings (SSSR count). The van der Waals surface area contributed by atoms with Gasteiger partial charge in [0.1, 0.15) is 6.67 Å². The van der Waals surface area contributed by atoms with Gasteiger partial charge in [-0.2, -0.15) is 5.48 Å². The fourth-order valence-electron chi connectivity index (χ4n) is 0.384. The molecule has 0 saturated carbocycles. The standard InChI is InChI=1S/C6H14FNO2/c1-2-3-10-8-5-6(9)4-7/h6,8-9H,2-5H2,1H3. The van der Waals surface area contributed by atoms with Gasteiger partial charge < -0.3 is 9.94 Å². The molecular weight excluding hydrogens is 137 g/mol. The second kappa shape index (κ2) is 6.92. The number of hydroxylamine groups is 1. The van der Waals surface area contributed by atoms with Gasteiger partial charge in [0.2, 0.25) is 0 Å². The molecule has 4 heteroatoms. The zero-order valence-corrected chi connectivity index (χ0v) is 6.14. The van der Waals surface area contributed by atoms with Crippen molar-refractivity contribution >= 4 is 0 Å². The number of nitrogens with one attached hydrogen (secondary N) is 1. The van der Waals surface area contributed by atoms with Gasteiger partial charge >= 0.3 is 0 Å². The first kappa shape index (κ1) is 9.81. The van der Waals surface area contributed by atoms with Crippen LogP contribution < -0.4 is 5.48 Å². The quantitative estimate of drug-likeness (QED) is 0.422. The highest BCUT2D eigenvalue weighted by atomic mass is 19.1. The van der Waals surface area contributed by atoms with Crippen LogP contribution in [0.1, 0.15) is 13.3 Å². The Bertz CT molecular complexity index is 72.8. The summed E-state index contributed by atoms with van der Waals surface area (Å²) >= 11 is 0. The van der Waals surface area contributed by atoms with Gasteiger partial charge in [-0.1, -0.05) is 6.92 Å². The molecule has 62 valence electrons. The van der Waals surface area contributed by atoms with Gasteiger partial charge in [-0.25, -0.2) is 4.39 Å². The summed E-state index contributed by atoms with van der Waals surface area (Å²) < 4.78 is 11.6. The van der Waals surface area contributed by atoms with E-state index in [0.29, 0.717) is 6.61 Å². The van der Waals surface area contributed by atoms with Crippen molar-refractivity contribution in [1.29, 1.82) is 0 Å². The van der Waals surface area contributed by atoms with E-state index in [2.05, 4.69) is 5.48 Å². The maximum absolute atomic E-state index is 11.6. The molecule has 10 heavy (non-hydrogen) atoms. The van der Waals surface area contributed by atoms with Crippen molar-refractivity contribution < 1.29 is 14.3 Å². The van der Waals surface area contributed by atoms with E-state index in [4.69, 9.17) is 9.94 Å². The van der Waals surface area contributed by atoms with E-state index in [1.165, 1.54) is 0 Å². The van der Waals surface area contributed by atoms with Crippen LogP contribution in [0.3, 0.4) is 0 Å². The van der Waals surface area contributed by atoms with Crippen LogP contribution in [0.2, 0.25) is 0 Å². The van der Waals surface area contributed by atoms with E-state index in [9.17, 15) is 4.39 Å². The Kier molecular flexibility index (Phi) is 6.79. The van der Waals surface area contributed by atoms with Crippen molar-refractivity contribution in [1.82, 2.24) is 5.48 Å². The highest BCUT2D eigenvalue weighted by Gasteiger charge is 2.00. The summed E-state index contributed by atoms with van der Waals surface area (Å²) in [5.41, 5.74) is 2.45. The zero-order valence-electron chi connectivity index (χ0n) is 6.14. The smallest absolute Gasteiger partial charge is 0.117 e. The monoisotopic (exact) mass is 151 g/mol. The third-order valence-corrected chi connectivity index (χ3v) is 0.905. The maximum atomic E-state index is 11.6. The SMILES string of the molecule is CCCONCC(O)CF. The van der Waals surface area contributed by atoms with Crippen molar-refractivity contribution in [2.75, 3.05) is 19.8 Å². The van der Waals surface area contributed by atoms with E-state index in [-0.39, 0.29) is 6.54 Å².